The van der Waals surface area contributed by atoms with Crippen molar-refractivity contribution in [2.45, 2.75) is 64.8 Å². The molecular formula is C18H30N2. The minimum Gasteiger partial charge on any atom is -0.312 e. The van der Waals surface area contributed by atoms with Gasteiger partial charge in [0.1, 0.15) is 0 Å². The van der Waals surface area contributed by atoms with E-state index in [2.05, 4.69) is 43.2 Å². The van der Waals surface area contributed by atoms with Crippen LogP contribution in [0.25, 0.3) is 0 Å². The Morgan fingerprint density at radius 1 is 1.10 bits per heavy atom. The van der Waals surface area contributed by atoms with Gasteiger partial charge in [-0.25, -0.2) is 0 Å². The van der Waals surface area contributed by atoms with Gasteiger partial charge in [0.25, 0.3) is 0 Å². The Balaban J connectivity index is 1.97. The summed E-state index contributed by atoms with van der Waals surface area (Å²) in [5.41, 5.74) is 1.49. The highest BCUT2D eigenvalue weighted by atomic mass is 14.9. The number of nitrogens with zero attached hydrogens (tertiary/aromatic N) is 1. The highest BCUT2D eigenvalue weighted by Crippen LogP contribution is 2.31. The number of hydrogen-bond acceptors (Lipinski definition) is 2. The van der Waals surface area contributed by atoms with E-state index in [9.17, 15) is 0 Å². The SMILES string of the molecule is CC(C)(C)NCC1CCCCCC1Cc1ccccn1. The standard InChI is InChI=1S/C18H30N2/c1-18(2,3)20-14-16-10-6-4-5-9-15(16)13-17-11-7-8-12-19-17/h7-8,11-12,15-16,20H,4-6,9-10,13-14H2,1-3H3. The minimum atomic E-state index is 0.224. The highest BCUT2D eigenvalue weighted by molar-refractivity contribution is 5.05. The Bertz CT molecular complexity index is 380. The summed E-state index contributed by atoms with van der Waals surface area (Å²) < 4.78 is 0. The molecular weight excluding hydrogens is 244 g/mol. The Morgan fingerprint density at radius 2 is 1.85 bits per heavy atom. The van der Waals surface area contributed by atoms with Crippen molar-refractivity contribution >= 4 is 0 Å². The van der Waals surface area contributed by atoms with Crippen LogP contribution in [0.5, 0.6) is 0 Å². The third kappa shape index (κ3) is 5.24. The third-order valence-electron chi connectivity index (χ3n) is 4.41. The fourth-order valence-electron chi connectivity index (χ4n) is 3.22. The van der Waals surface area contributed by atoms with Crippen molar-refractivity contribution in [3.05, 3.63) is 30.1 Å². The van der Waals surface area contributed by atoms with Gasteiger partial charge in [0.2, 0.25) is 0 Å². The summed E-state index contributed by atoms with van der Waals surface area (Å²) in [6.45, 7) is 7.94. The molecule has 2 heteroatoms. The first-order chi connectivity index (χ1) is 9.54. The normalized spacial score (nSPS) is 24.4. The predicted molar refractivity (Wildman–Crippen MR) is 85.8 cm³/mol. The number of nitrogens with one attached hydrogen (secondary N) is 1. The lowest BCUT2D eigenvalue weighted by atomic mass is 9.84. The molecule has 112 valence electrons. The molecule has 0 aromatic carbocycles. The van der Waals surface area contributed by atoms with Crippen LogP contribution in [0.4, 0.5) is 0 Å². The van der Waals surface area contributed by atoms with E-state index in [0.717, 1.165) is 24.8 Å². The smallest absolute Gasteiger partial charge is 0.0406 e. The summed E-state index contributed by atoms with van der Waals surface area (Å²) in [4.78, 5) is 4.53. The van der Waals surface area contributed by atoms with Gasteiger partial charge in [0.05, 0.1) is 0 Å². The molecule has 1 aromatic rings. The maximum atomic E-state index is 4.53. The van der Waals surface area contributed by atoms with Gasteiger partial charge in [-0.3, -0.25) is 4.98 Å². The molecule has 2 rings (SSSR count). The van der Waals surface area contributed by atoms with E-state index in [1.165, 1.54) is 37.8 Å². The molecule has 0 amide bonds. The maximum absolute atomic E-state index is 4.53. The molecule has 2 unspecified atom stereocenters. The van der Waals surface area contributed by atoms with Crippen LogP contribution in [-0.2, 0) is 6.42 Å². The van der Waals surface area contributed by atoms with Crippen molar-refractivity contribution in [2.24, 2.45) is 11.8 Å². The fourth-order valence-corrected chi connectivity index (χ4v) is 3.22. The van der Waals surface area contributed by atoms with Gasteiger partial charge in [-0.05, 0) is 70.5 Å². The van der Waals surface area contributed by atoms with Crippen LogP contribution in [-0.4, -0.2) is 17.1 Å². The zero-order valence-electron chi connectivity index (χ0n) is 13.4. The average molecular weight is 274 g/mol. The molecule has 20 heavy (non-hydrogen) atoms. The van der Waals surface area contributed by atoms with Gasteiger partial charge in [0.15, 0.2) is 0 Å². The topological polar surface area (TPSA) is 24.9 Å². The van der Waals surface area contributed by atoms with Gasteiger partial charge in [0, 0.05) is 17.4 Å². The van der Waals surface area contributed by atoms with E-state index >= 15 is 0 Å². The van der Waals surface area contributed by atoms with Crippen LogP contribution < -0.4 is 5.32 Å². The molecule has 0 radical (unpaired) electrons. The van der Waals surface area contributed by atoms with Crippen molar-refractivity contribution in [1.82, 2.24) is 10.3 Å². The molecule has 1 aliphatic carbocycles. The molecule has 1 aliphatic rings. The van der Waals surface area contributed by atoms with Crippen LogP contribution in [0.15, 0.2) is 24.4 Å². The molecule has 1 heterocycles. The Hall–Kier alpha value is -0.890. The molecule has 1 aromatic heterocycles. The molecule has 0 aliphatic heterocycles. The van der Waals surface area contributed by atoms with E-state index in [0.29, 0.717) is 0 Å². The lowest BCUT2D eigenvalue weighted by Crippen LogP contribution is -2.41. The molecule has 0 saturated heterocycles. The number of pyridine rings is 1. The lowest BCUT2D eigenvalue weighted by molar-refractivity contribution is 0.268. The quantitative estimate of drug-likeness (QED) is 0.832. The summed E-state index contributed by atoms with van der Waals surface area (Å²) in [7, 11) is 0. The Morgan fingerprint density at radius 3 is 2.50 bits per heavy atom. The first-order valence-electron chi connectivity index (χ1n) is 8.19. The minimum absolute atomic E-state index is 0.224. The molecule has 2 atom stereocenters. The van der Waals surface area contributed by atoms with Gasteiger partial charge >= 0.3 is 0 Å². The van der Waals surface area contributed by atoms with Gasteiger partial charge in [-0.15, -0.1) is 0 Å². The summed E-state index contributed by atoms with van der Waals surface area (Å²) in [5.74, 6) is 1.60. The van der Waals surface area contributed by atoms with Crippen LogP contribution in [0, 0.1) is 11.8 Å². The zero-order valence-corrected chi connectivity index (χ0v) is 13.4. The van der Waals surface area contributed by atoms with Crippen LogP contribution in [0.2, 0.25) is 0 Å². The molecule has 2 nitrogen and oxygen atoms in total. The van der Waals surface area contributed by atoms with Crippen LogP contribution in [0.1, 0.15) is 58.6 Å². The van der Waals surface area contributed by atoms with Gasteiger partial charge in [-0.2, -0.15) is 0 Å². The van der Waals surface area contributed by atoms with E-state index in [1.54, 1.807) is 0 Å². The average Bonchev–Trinajstić information content (AvgIpc) is 2.62. The maximum Gasteiger partial charge on any atom is 0.0406 e. The first-order valence-corrected chi connectivity index (χ1v) is 8.19. The summed E-state index contributed by atoms with van der Waals surface area (Å²) >= 11 is 0. The highest BCUT2D eigenvalue weighted by Gasteiger charge is 2.25. The van der Waals surface area contributed by atoms with E-state index in [1.807, 2.05) is 12.3 Å². The van der Waals surface area contributed by atoms with E-state index < -0.39 is 0 Å². The summed E-state index contributed by atoms with van der Waals surface area (Å²) in [6, 6.07) is 6.30. The van der Waals surface area contributed by atoms with Crippen molar-refractivity contribution in [1.29, 1.82) is 0 Å². The van der Waals surface area contributed by atoms with E-state index in [-0.39, 0.29) is 5.54 Å². The number of hydrogen-bond donors (Lipinski definition) is 1. The monoisotopic (exact) mass is 274 g/mol. The van der Waals surface area contributed by atoms with Crippen LogP contribution in [0.3, 0.4) is 0 Å². The zero-order chi connectivity index (χ0) is 14.4. The largest absolute Gasteiger partial charge is 0.312 e. The number of rotatable bonds is 4. The summed E-state index contributed by atoms with van der Waals surface area (Å²) in [5, 5.41) is 3.71. The second-order valence-electron chi connectivity index (χ2n) is 7.31. The molecule has 0 bridgehead atoms. The van der Waals surface area contributed by atoms with Crippen LogP contribution >= 0.6 is 0 Å². The fraction of sp³-hybridized carbons (Fsp3) is 0.722. The van der Waals surface area contributed by atoms with Crippen molar-refractivity contribution in [2.75, 3.05) is 6.54 Å². The number of aromatic nitrogens is 1. The van der Waals surface area contributed by atoms with Crippen molar-refractivity contribution in [3.63, 3.8) is 0 Å². The Kier molecular flexibility index (Phi) is 5.59. The van der Waals surface area contributed by atoms with Gasteiger partial charge < -0.3 is 5.32 Å². The third-order valence-corrected chi connectivity index (χ3v) is 4.41. The molecule has 1 N–H and O–H groups in total. The predicted octanol–water partition coefficient (Wildman–Crippen LogP) is 4.21. The molecule has 0 spiro atoms. The molecule has 1 fully saturated rings. The Labute approximate surface area is 124 Å². The first kappa shape index (κ1) is 15.5. The van der Waals surface area contributed by atoms with Crippen molar-refractivity contribution < 1.29 is 0 Å². The molecule has 1 saturated carbocycles. The lowest BCUT2D eigenvalue weighted by Gasteiger charge is -2.29. The van der Waals surface area contributed by atoms with Gasteiger partial charge in [-0.1, -0.05) is 25.3 Å². The second kappa shape index (κ2) is 7.21. The second-order valence-corrected chi connectivity index (χ2v) is 7.31. The summed E-state index contributed by atoms with van der Waals surface area (Å²) in [6.07, 6.45) is 10.0. The van der Waals surface area contributed by atoms with E-state index in [4.69, 9.17) is 0 Å². The van der Waals surface area contributed by atoms with Crippen molar-refractivity contribution in [3.8, 4) is 0 Å².